The second-order valence-electron chi connectivity index (χ2n) is 4.38. The van der Waals surface area contributed by atoms with E-state index in [1.807, 2.05) is 0 Å². The fourth-order valence-electron chi connectivity index (χ4n) is 1.85. The Balaban J connectivity index is 1.95. The van der Waals surface area contributed by atoms with Gasteiger partial charge in [-0.1, -0.05) is 31.2 Å². The van der Waals surface area contributed by atoms with Crippen molar-refractivity contribution in [3.63, 3.8) is 0 Å². The number of nitrogens with one attached hydrogen (secondary N) is 1. The Morgan fingerprint density at radius 2 is 2.25 bits per heavy atom. The lowest BCUT2D eigenvalue weighted by Crippen LogP contribution is -2.17. The van der Waals surface area contributed by atoms with Gasteiger partial charge in [0.05, 0.1) is 6.54 Å². The van der Waals surface area contributed by atoms with E-state index in [1.54, 1.807) is 17.8 Å². The molecule has 0 saturated heterocycles. The lowest BCUT2D eigenvalue weighted by Gasteiger charge is -2.11. The molecule has 1 unspecified atom stereocenters. The van der Waals surface area contributed by atoms with Crippen LogP contribution < -0.4 is 10.1 Å². The van der Waals surface area contributed by atoms with Crippen molar-refractivity contribution in [2.45, 2.75) is 31.4 Å². The first-order chi connectivity index (χ1) is 9.46. The molecule has 0 aromatic heterocycles. The van der Waals surface area contributed by atoms with Crippen LogP contribution in [0.3, 0.4) is 0 Å². The number of halogens is 3. The standard InChI is InChI=1S/C13H15F3N2OS/c1-2-4-11-8-17-12(20-11)18-9-5-3-6-10(7-9)19-13(14,15)16/h3,5-7,11H,2,4,8H2,1H3,(H,17,18). The highest BCUT2D eigenvalue weighted by molar-refractivity contribution is 8.15. The van der Waals surface area contributed by atoms with Crippen molar-refractivity contribution >= 4 is 22.6 Å². The molecule has 0 spiro atoms. The van der Waals surface area contributed by atoms with Gasteiger partial charge in [0, 0.05) is 17.0 Å². The maximum atomic E-state index is 12.1. The normalized spacial score (nSPS) is 18.8. The molecule has 0 amide bonds. The number of benzene rings is 1. The van der Waals surface area contributed by atoms with Crippen molar-refractivity contribution < 1.29 is 17.9 Å². The summed E-state index contributed by atoms with van der Waals surface area (Å²) in [5.74, 6) is -0.240. The Labute approximate surface area is 119 Å². The minimum atomic E-state index is -4.68. The molecule has 7 heteroatoms. The molecule has 1 aliphatic rings. The van der Waals surface area contributed by atoms with Crippen LogP contribution in [0.15, 0.2) is 29.3 Å². The number of alkyl halides is 3. The quantitative estimate of drug-likeness (QED) is 0.902. The predicted molar refractivity (Wildman–Crippen MR) is 75.3 cm³/mol. The van der Waals surface area contributed by atoms with Crippen molar-refractivity contribution in [2.75, 3.05) is 11.9 Å². The number of thioether (sulfide) groups is 1. The summed E-state index contributed by atoms with van der Waals surface area (Å²) in [6, 6.07) is 5.76. The molecule has 0 bridgehead atoms. The van der Waals surface area contributed by atoms with Crippen LogP contribution in [0.5, 0.6) is 5.75 Å². The molecule has 1 aromatic rings. The van der Waals surface area contributed by atoms with Crippen LogP contribution in [-0.2, 0) is 0 Å². The molecule has 20 heavy (non-hydrogen) atoms. The number of amidine groups is 1. The summed E-state index contributed by atoms with van der Waals surface area (Å²) in [7, 11) is 0. The van der Waals surface area contributed by atoms with Crippen LogP contribution in [0.25, 0.3) is 0 Å². The smallest absolute Gasteiger partial charge is 0.406 e. The number of aliphatic imine (C=N–C) groups is 1. The van der Waals surface area contributed by atoms with Gasteiger partial charge in [-0.2, -0.15) is 0 Å². The van der Waals surface area contributed by atoms with E-state index in [9.17, 15) is 13.2 Å². The molecule has 0 aliphatic carbocycles. The second-order valence-corrected chi connectivity index (χ2v) is 5.66. The monoisotopic (exact) mass is 304 g/mol. The van der Waals surface area contributed by atoms with Crippen LogP contribution in [0.4, 0.5) is 18.9 Å². The van der Waals surface area contributed by atoms with Crippen molar-refractivity contribution in [2.24, 2.45) is 4.99 Å². The Bertz CT molecular complexity index is 491. The third-order valence-corrected chi connectivity index (χ3v) is 3.82. The van der Waals surface area contributed by atoms with Gasteiger partial charge >= 0.3 is 6.36 Å². The van der Waals surface area contributed by atoms with E-state index in [1.165, 1.54) is 18.2 Å². The molecule has 110 valence electrons. The number of ether oxygens (including phenoxy) is 1. The van der Waals surface area contributed by atoms with Gasteiger partial charge in [0.15, 0.2) is 5.17 Å². The van der Waals surface area contributed by atoms with E-state index in [-0.39, 0.29) is 5.75 Å². The SMILES string of the molecule is CCCC1CN=C(Nc2cccc(OC(F)(F)F)c2)S1. The summed E-state index contributed by atoms with van der Waals surface area (Å²) in [5, 5.41) is 4.22. The van der Waals surface area contributed by atoms with E-state index >= 15 is 0 Å². The lowest BCUT2D eigenvalue weighted by atomic mass is 10.2. The number of nitrogens with zero attached hydrogens (tertiary/aromatic N) is 1. The van der Waals surface area contributed by atoms with Crippen LogP contribution in [-0.4, -0.2) is 23.3 Å². The van der Waals surface area contributed by atoms with E-state index in [0.717, 1.165) is 24.6 Å². The van der Waals surface area contributed by atoms with Crippen molar-refractivity contribution in [1.29, 1.82) is 0 Å². The largest absolute Gasteiger partial charge is 0.573 e. The van der Waals surface area contributed by atoms with Gasteiger partial charge in [-0.25, -0.2) is 0 Å². The van der Waals surface area contributed by atoms with E-state index in [4.69, 9.17) is 0 Å². The zero-order valence-corrected chi connectivity index (χ0v) is 11.7. The topological polar surface area (TPSA) is 33.6 Å². The molecule has 1 N–H and O–H groups in total. The van der Waals surface area contributed by atoms with Gasteiger partial charge in [0.25, 0.3) is 0 Å². The molecular weight excluding hydrogens is 289 g/mol. The molecule has 1 aliphatic heterocycles. The van der Waals surface area contributed by atoms with E-state index in [2.05, 4.69) is 22.0 Å². The van der Waals surface area contributed by atoms with Gasteiger partial charge in [-0.15, -0.1) is 13.2 Å². The Morgan fingerprint density at radius 1 is 1.45 bits per heavy atom. The van der Waals surface area contributed by atoms with Crippen LogP contribution in [0, 0.1) is 0 Å². The van der Waals surface area contributed by atoms with Crippen molar-refractivity contribution in [1.82, 2.24) is 0 Å². The highest BCUT2D eigenvalue weighted by Gasteiger charge is 2.31. The summed E-state index contributed by atoms with van der Waals surface area (Å²) in [4.78, 5) is 4.34. The Kier molecular flexibility index (Phi) is 4.80. The average Bonchev–Trinajstić information content (AvgIpc) is 2.75. The molecule has 1 atom stereocenters. The molecular formula is C13H15F3N2OS. The molecule has 0 fully saturated rings. The van der Waals surface area contributed by atoms with Gasteiger partial charge in [-0.05, 0) is 18.6 Å². The van der Waals surface area contributed by atoms with Gasteiger partial charge < -0.3 is 10.1 Å². The molecule has 0 radical (unpaired) electrons. The predicted octanol–water partition coefficient (Wildman–Crippen LogP) is 4.27. The summed E-state index contributed by atoms with van der Waals surface area (Å²) >= 11 is 1.62. The number of hydrogen-bond acceptors (Lipinski definition) is 4. The Hall–Kier alpha value is -1.37. The fraction of sp³-hybridized carbons (Fsp3) is 0.462. The first-order valence-electron chi connectivity index (χ1n) is 6.30. The zero-order valence-electron chi connectivity index (χ0n) is 10.9. The third kappa shape index (κ3) is 4.63. The van der Waals surface area contributed by atoms with Crippen LogP contribution in [0.1, 0.15) is 19.8 Å². The van der Waals surface area contributed by atoms with Crippen molar-refractivity contribution in [3.05, 3.63) is 24.3 Å². The second kappa shape index (κ2) is 6.39. The summed E-state index contributed by atoms with van der Waals surface area (Å²) in [6.45, 7) is 2.86. The van der Waals surface area contributed by atoms with Crippen molar-refractivity contribution in [3.8, 4) is 5.75 Å². The minimum absolute atomic E-state index is 0.240. The average molecular weight is 304 g/mol. The van der Waals surface area contributed by atoms with E-state index in [0.29, 0.717) is 10.9 Å². The fourth-order valence-corrected chi connectivity index (χ4v) is 3.00. The number of hydrogen-bond donors (Lipinski definition) is 1. The van der Waals surface area contributed by atoms with Crippen LogP contribution in [0.2, 0.25) is 0 Å². The van der Waals surface area contributed by atoms with Crippen LogP contribution >= 0.6 is 11.8 Å². The third-order valence-electron chi connectivity index (χ3n) is 2.65. The first kappa shape index (κ1) is 15.0. The number of rotatable bonds is 4. The maximum Gasteiger partial charge on any atom is 0.573 e. The maximum absolute atomic E-state index is 12.1. The van der Waals surface area contributed by atoms with Gasteiger partial charge in [0.2, 0.25) is 0 Å². The van der Waals surface area contributed by atoms with E-state index < -0.39 is 6.36 Å². The number of anilines is 1. The summed E-state index contributed by atoms with van der Waals surface area (Å²) in [5.41, 5.74) is 0.537. The zero-order chi connectivity index (χ0) is 14.6. The molecule has 1 aromatic carbocycles. The highest BCUT2D eigenvalue weighted by atomic mass is 32.2. The summed E-state index contributed by atoms with van der Waals surface area (Å²) in [6.07, 6.45) is -2.50. The molecule has 0 saturated carbocycles. The first-order valence-corrected chi connectivity index (χ1v) is 7.18. The highest BCUT2D eigenvalue weighted by Crippen LogP contribution is 2.28. The molecule has 1 heterocycles. The summed E-state index contributed by atoms with van der Waals surface area (Å²) < 4.78 is 40.3. The van der Waals surface area contributed by atoms with Gasteiger partial charge in [-0.3, -0.25) is 4.99 Å². The molecule has 2 rings (SSSR count). The van der Waals surface area contributed by atoms with Gasteiger partial charge in [0.1, 0.15) is 5.75 Å². The Morgan fingerprint density at radius 3 is 2.95 bits per heavy atom. The molecule has 3 nitrogen and oxygen atoms in total. The lowest BCUT2D eigenvalue weighted by molar-refractivity contribution is -0.274. The minimum Gasteiger partial charge on any atom is -0.406 e.